The molecule has 1 heterocycles. The molecule has 4 heteroatoms. The summed E-state index contributed by atoms with van der Waals surface area (Å²) in [6.45, 7) is 1.81. The lowest BCUT2D eigenvalue weighted by molar-refractivity contribution is -0.425. The number of nitro groups is 1. The van der Waals surface area contributed by atoms with Crippen molar-refractivity contribution in [2.24, 2.45) is 0 Å². The quantitative estimate of drug-likeness (QED) is 0.610. The second-order valence-electron chi connectivity index (χ2n) is 4.00. The molecule has 0 spiro atoms. The molecular weight excluding hydrogens is 230 g/mol. The van der Waals surface area contributed by atoms with Crippen molar-refractivity contribution in [3.8, 4) is 0 Å². The van der Waals surface area contributed by atoms with E-state index in [9.17, 15) is 10.1 Å². The minimum atomic E-state index is -0.370. The zero-order valence-corrected chi connectivity index (χ0v) is 10.00. The lowest BCUT2D eigenvalue weighted by Gasteiger charge is -1.98. The molecule has 0 saturated heterocycles. The molecule has 0 aliphatic heterocycles. The Morgan fingerprint density at radius 3 is 2.56 bits per heavy atom. The molecule has 0 bridgehead atoms. The van der Waals surface area contributed by atoms with E-state index in [0.717, 1.165) is 11.3 Å². The third kappa shape index (κ3) is 3.07. The highest BCUT2D eigenvalue weighted by molar-refractivity contribution is 5.46. The maximum Gasteiger partial charge on any atom is 0.254 e. The van der Waals surface area contributed by atoms with Crippen LogP contribution in [0.2, 0.25) is 0 Å². The van der Waals surface area contributed by atoms with Gasteiger partial charge in [-0.3, -0.25) is 10.1 Å². The molecule has 0 aliphatic carbocycles. The Labute approximate surface area is 105 Å². The van der Waals surface area contributed by atoms with E-state index in [1.165, 1.54) is 6.08 Å². The fourth-order valence-corrected chi connectivity index (χ4v) is 1.67. The normalized spacial score (nSPS) is 11.5. The highest BCUT2D eigenvalue weighted by Gasteiger charge is 2.12. The Morgan fingerprint density at radius 2 is 2.00 bits per heavy atom. The Balaban J connectivity index is 2.24. The molecule has 4 nitrogen and oxygen atoms in total. The van der Waals surface area contributed by atoms with Crippen LogP contribution in [0.15, 0.2) is 52.6 Å². The zero-order valence-electron chi connectivity index (χ0n) is 10.00. The average Bonchev–Trinajstić information content (AvgIpc) is 2.75. The third-order valence-corrected chi connectivity index (χ3v) is 2.53. The molecule has 1 aromatic heterocycles. The summed E-state index contributed by atoms with van der Waals surface area (Å²) >= 11 is 0. The molecule has 18 heavy (non-hydrogen) atoms. The van der Waals surface area contributed by atoms with Crippen molar-refractivity contribution in [1.82, 2.24) is 0 Å². The summed E-state index contributed by atoms with van der Waals surface area (Å²) in [5.74, 6) is 1.25. The van der Waals surface area contributed by atoms with E-state index >= 15 is 0 Å². The number of allylic oxidation sites excluding steroid dienone is 1. The topological polar surface area (TPSA) is 56.3 Å². The van der Waals surface area contributed by atoms with E-state index < -0.39 is 0 Å². The lowest BCUT2D eigenvalue weighted by Crippen LogP contribution is -2.02. The van der Waals surface area contributed by atoms with E-state index in [0.29, 0.717) is 5.76 Å². The van der Waals surface area contributed by atoms with Crippen molar-refractivity contribution in [2.75, 3.05) is 0 Å². The Bertz CT molecular complexity index is 570. The first-order chi connectivity index (χ1) is 8.65. The molecular formula is C14H13NO3. The predicted molar refractivity (Wildman–Crippen MR) is 68.6 cm³/mol. The molecule has 2 rings (SSSR count). The van der Waals surface area contributed by atoms with Gasteiger partial charge >= 0.3 is 0 Å². The molecule has 0 fully saturated rings. The Hall–Kier alpha value is -2.36. The first-order valence-electron chi connectivity index (χ1n) is 5.60. The fraction of sp³-hybridized carbons (Fsp3) is 0.143. The van der Waals surface area contributed by atoms with Gasteiger partial charge in [0.25, 0.3) is 5.70 Å². The molecule has 0 atom stereocenters. The monoisotopic (exact) mass is 243 g/mol. The third-order valence-electron chi connectivity index (χ3n) is 2.53. The van der Waals surface area contributed by atoms with Crippen LogP contribution in [0.3, 0.4) is 0 Å². The first-order valence-corrected chi connectivity index (χ1v) is 5.60. The number of benzene rings is 1. The van der Waals surface area contributed by atoms with Crippen LogP contribution >= 0.6 is 0 Å². The summed E-state index contributed by atoms with van der Waals surface area (Å²) in [6.07, 6.45) is 1.76. The van der Waals surface area contributed by atoms with Gasteiger partial charge < -0.3 is 4.42 Å². The summed E-state index contributed by atoms with van der Waals surface area (Å²) in [5, 5.41) is 11.0. The van der Waals surface area contributed by atoms with E-state index in [1.807, 2.05) is 30.3 Å². The van der Waals surface area contributed by atoms with Crippen molar-refractivity contribution in [3.05, 3.63) is 75.4 Å². The van der Waals surface area contributed by atoms with Gasteiger partial charge in [0.05, 0.1) is 17.4 Å². The van der Waals surface area contributed by atoms with Gasteiger partial charge in [-0.05, 0) is 24.6 Å². The second kappa shape index (κ2) is 5.31. The summed E-state index contributed by atoms with van der Waals surface area (Å²) in [4.78, 5) is 10.6. The summed E-state index contributed by atoms with van der Waals surface area (Å²) in [7, 11) is 0. The Kier molecular flexibility index (Phi) is 3.57. The maximum absolute atomic E-state index is 11.0. The van der Waals surface area contributed by atoms with E-state index in [4.69, 9.17) is 4.42 Å². The number of rotatable bonds is 4. The van der Waals surface area contributed by atoms with Crippen LogP contribution in [-0.4, -0.2) is 4.92 Å². The van der Waals surface area contributed by atoms with Gasteiger partial charge in [0.1, 0.15) is 11.5 Å². The highest BCUT2D eigenvalue weighted by atomic mass is 16.6. The molecule has 92 valence electrons. The standard InChI is InChI=1S/C14H13NO3/c1-11-7-8-14(18-11)10-13(15(16)17)9-12-5-3-2-4-6-12/h2-8,10H,9H2,1H3. The van der Waals surface area contributed by atoms with Crippen LogP contribution in [0, 0.1) is 17.0 Å². The molecule has 0 aliphatic rings. The van der Waals surface area contributed by atoms with Crippen LogP contribution in [0.4, 0.5) is 0 Å². The van der Waals surface area contributed by atoms with Crippen LogP contribution < -0.4 is 0 Å². The van der Waals surface area contributed by atoms with Crippen LogP contribution in [0.5, 0.6) is 0 Å². The second-order valence-corrected chi connectivity index (χ2v) is 4.00. The minimum Gasteiger partial charge on any atom is -0.462 e. The van der Waals surface area contributed by atoms with Gasteiger partial charge in [0.2, 0.25) is 0 Å². The predicted octanol–water partition coefficient (Wildman–Crippen LogP) is 3.45. The number of furan rings is 1. The molecule has 0 saturated carbocycles. The van der Waals surface area contributed by atoms with Crippen molar-refractivity contribution < 1.29 is 9.34 Å². The highest BCUT2D eigenvalue weighted by Crippen LogP contribution is 2.15. The van der Waals surface area contributed by atoms with Gasteiger partial charge in [-0.2, -0.15) is 0 Å². The number of hydrogen-bond donors (Lipinski definition) is 0. The first kappa shape index (κ1) is 12.1. The van der Waals surface area contributed by atoms with Crippen molar-refractivity contribution in [3.63, 3.8) is 0 Å². The smallest absolute Gasteiger partial charge is 0.254 e. The molecule has 0 radical (unpaired) electrons. The van der Waals surface area contributed by atoms with Gasteiger partial charge in [0, 0.05) is 0 Å². The van der Waals surface area contributed by atoms with Gasteiger partial charge in [-0.25, -0.2) is 0 Å². The zero-order chi connectivity index (χ0) is 13.0. The molecule has 1 aromatic carbocycles. The van der Waals surface area contributed by atoms with Crippen molar-refractivity contribution in [1.29, 1.82) is 0 Å². The summed E-state index contributed by atoms with van der Waals surface area (Å²) < 4.78 is 5.32. The SMILES string of the molecule is Cc1ccc(C=C(Cc2ccccc2)[N+](=O)[O-])o1. The van der Waals surface area contributed by atoms with Gasteiger partial charge in [-0.15, -0.1) is 0 Å². The van der Waals surface area contributed by atoms with E-state index in [1.54, 1.807) is 19.1 Å². The number of aryl methyl sites for hydroxylation is 1. The van der Waals surface area contributed by atoms with Crippen molar-refractivity contribution >= 4 is 6.08 Å². The molecule has 0 unspecified atom stereocenters. The van der Waals surface area contributed by atoms with Crippen LogP contribution in [0.25, 0.3) is 6.08 Å². The molecule has 0 amide bonds. The summed E-state index contributed by atoms with van der Waals surface area (Å²) in [6, 6.07) is 12.9. The number of hydrogen-bond acceptors (Lipinski definition) is 3. The van der Waals surface area contributed by atoms with Gasteiger partial charge in [0.15, 0.2) is 0 Å². The average molecular weight is 243 g/mol. The lowest BCUT2D eigenvalue weighted by atomic mass is 10.1. The van der Waals surface area contributed by atoms with E-state index in [-0.39, 0.29) is 17.0 Å². The van der Waals surface area contributed by atoms with Crippen molar-refractivity contribution in [2.45, 2.75) is 13.3 Å². The maximum atomic E-state index is 11.0. The minimum absolute atomic E-state index is 0.121. The molecule has 2 aromatic rings. The van der Waals surface area contributed by atoms with Crippen LogP contribution in [0.1, 0.15) is 17.1 Å². The molecule has 0 N–H and O–H groups in total. The fourth-order valence-electron chi connectivity index (χ4n) is 1.67. The summed E-state index contributed by atoms with van der Waals surface area (Å²) in [5.41, 5.74) is 1.03. The number of nitrogens with zero attached hydrogens (tertiary/aromatic N) is 1. The van der Waals surface area contributed by atoms with E-state index in [2.05, 4.69) is 0 Å². The van der Waals surface area contributed by atoms with Gasteiger partial charge in [-0.1, -0.05) is 30.3 Å². The largest absolute Gasteiger partial charge is 0.462 e. The Morgan fingerprint density at radius 1 is 1.28 bits per heavy atom. The van der Waals surface area contributed by atoms with Crippen LogP contribution in [-0.2, 0) is 6.42 Å².